The van der Waals surface area contributed by atoms with Gasteiger partial charge in [0.15, 0.2) is 12.6 Å². The van der Waals surface area contributed by atoms with E-state index in [4.69, 9.17) is 28.4 Å². The number of nitrogens with zero attached hydrogens (tertiary/aromatic N) is 2. The fraction of sp³-hybridized carbons (Fsp3) is 0.975. The Balaban J connectivity index is 2.20. The van der Waals surface area contributed by atoms with E-state index >= 15 is 0 Å². The third-order valence-corrected chi connectivity index (χ3v) is 12.5. The number of aliphatic hydroxyl groups excluding tert-OH is 3. The average molecular weight is 777 g/mol. The molecule has 0 aromatic heterocycles. The zero-order valence-corrected chi connectivity index (χ0v) is 35.6. The van der Waals surface area contributed by atoms with Crippen LogP contribution < -0.4 is 0 Å². The lowest BCUT2D eigenvalue weighted by Crippen LogP contribution is -2.60. The summed E-state index contributed by atoms with van der Waals surface area (Å²) in [5.41, 5.74) is -4.38. The molecule has 54 heavy (non-hydrogen) atoms. The Hall–Kier alpha value is -1.01. The third-order valence-electron chi connectivity index (χ3n) is 12.5. The predicted octanol–water partition coefficient (Wildman–Crippen LogP) is 2.68. The predicted molar refractivity (Wildman–Crippen MR) is 203 cm³/mol. The number of aliphatic hydroxyl groups is 5. The van der Waals surface area contributed by atoms with Crippen LogP contribution >= 0.6 is 0 Å². The SMILES string of the molecule is CCCN1C[C@H](C)C[C@@](C)(O)[C@H](O[C@@H]2O[C@H](C)C[C@H](N(C)C)[C@H]2O)[C@@H](C)[C@H](O[C@H]2C[C@@](C)(OC)[C@@H](O)[C@H](C)O2)[C@@H](C)C(=O)O[C@H](CC)[C@@](C)(O)[C@H](O)[C@H]1C. The van der Waals surface area contributed by atoms with Crippen molar-refractivity contribution < 1.29 is 58.7 Å². The maximum absolute atomic E-state index is 14.3. The van der Waals surface area contributed by atoms with Gasteiger partial charge in [0.1, 0.15) is 30.0 Å². The highest BCUT2D eigenvalue weighted by molar-refractivity contribution is 5.73. The normalized spacial score (nSPS) is 48.2. The average Bonchev–Trinajstić information content (AvgIpc) is 3.09. The number of esters is 1. The first-order valence-electron chi connectivity index (χ1n) is 20.2. The smallest absolute Gasteiger partial charge is 0.311 e. The summed E-state index contributed by atoms with van der Waals surface area (Å²) >= 11 is 0. The van der Waals surface area contributed by atoms with E-state index in [1.807, 2.05) is 53.6 Å². The molecule has 0 spiro atoms. The van der Waals surface area contributed by atoms with Crippen LogP contribution in [-0.4, -0.2) is 166 Å². The molecule has 14 nitrogen and oxygen atoms in total. The van der Waals surface area contributed by atoms with Crippen LogP contribution in [0.25, 0.3) is 0 Å². The van der Waals surface area contributed by atoms with Crippen LogP contribution in [0.5, 0.6) is 0 Å². The van der Waals surface area contributed by atoms with Crippen molar-refractivity contribution in [2.75, 3.05) is 34.3 Å². The Labute approximate surface area is 324 Å². The van der Waals surface area contributed by atoms with Gasteiger partial charge in [0.2, 0.25) is 0 Å². The summed E-state index contributed by atoms with van der Waals surface area (Å²) in [6.07, 6.45) is -7.39. The largest absolute Gasteiger partial charge is 0.459 e. The number of likely N-dealkylation sites (N-methyl/N-ethyl adjacent to an activating group) is 1. The molecule has 0 aromatic rings. The summed E-state index contributed by atoms with van der Waals surface area (Å²) in [7, 11) is 5.29. The van der Waals surface area contributed by atoms with Gasteiger partial charge in [-0.3, -0.25) is 9.69 Å². The molecule has 18 atom stereocenters. The van der Waals surface area contributed by atoms with Crippen LogP contribution in [0.15, 0.2) is 0 Å². The lowest BCUT2D eigenvalue weighted by atomic mass is 9.77. The maximum atomic E-state index is 14.3. The number of ether oxygens (including phenoxy) is 6. The Morgan fingerprint density at radius 1 is 0.926 bits per heavy atom. The standard InChI is InChI=1S/C40H76N2O12/c1-15-17-42-21-22(3)19-38(9,47)35(54-37-31(43)28(41(12)13)18-23(4)50-37)24(5)32(53-30-20-39(10,49-14)34(45)27(8)51-30)25(6)36(46)52-29(16-2)40(11,48)33(44)26(42)7/h22-35,37,43-45,47-48H,15-21H2,1-14H3/t22-,23-,24+,25-,26-,27+,28+,29-,30+,31-,32+,33-,34+,35-,37+,38-,39-,40-/m1/s1. The molecule has 0 radical (unpaired) electrons. The summed E-state index contributed by atoms with van der Waals surface area (Å²) in [6.45, 7) is 20.9. The fourth-order valence-corrected chi connectivity index (χ4v) is 9.19. The van der Waals surface area contributed by atoms with E-state index in [0.717, 1.165) is 6.42 Å². The first kappa shape index (κ1) is 47.4. The summed E-state index contributed by atoms with van der Waals surface area (Å²) < 4.78 is 37.7. The van der Waals surface area contributed by atoms with Crippen molar-refractivity contribution in [2.24, 2.45) is 17.8 Å². The topological polar surface area (TPSA) is 180 Å². The molecule has 0 bridgehead atoms. The summed E-state index contributed by atoms with van der Waals surface area (Å²) in [6, 6.07) is -0.790. The highest BCUT2D eigenvalue weighted by Gasteiger charge is 2.52. The first-order valence-corrected chi connectivity index (χ1v) is 20.2. The lowest BCUT2D eigenvalue weighted by molar-refractivity contribution is -0.318. The summed E-state index contributed by atoms with van der Waals surface area (Å²) in [5.74, 6) is -2.57. The zero-order chi connectivity index (χ0) is 41.1. The minimum Gasteiger partial charge on any atom is -0.459 e. The number of cyclic esters (lactones) is 1. The second-order valence-electron chi connectivity index (χ2n) is 17.7. The number of carbonyl (C=O) groups excluding carboxylic acids is 1. The highest BCUT2D eigenvalue weighted by Crippen LogP contribution is 2.40. The molecule has 3 fully saturated rings. The minimum atomic E-state index is -1.80. The van der Waals surface area contributed by atoms with Gasteiger partial charge in [0, 0.05) is 38.1 Å². The van der Waals surface area contributed by atoms with Crippen molar-refractivity contribution >= 4 is 5.97 Å². The molecule has 3 saturated heterocycles. The van der Waals surface area contributed by atoms with Gasteiger partial charge in [-0.25, -0.2) is 0 Å². The van der Waals surface area contributed by atoms with Gasteiger partial charge in [0.25, 0.3) is 0 Å². The Bertz CT molecular complexity index is 1180. The summed E-state index contributed by atoms with van der Waals surface area (Å²) in [4.78, 5) is 18.3. The number of hydrogen-bond acceptors (Lipinski definition) is 14. The molecule has 318 valence electrons. The molecule has 14 heteroatoms. The van der Waals surface area contributed by atoms with Gasteiger partial charge in [-0.1, -0.05) is 27.7 Å². The molecule has 0 saturated carbocycles. The van der Waals surface area contributed by atoms with Crippen LogP contribution in [0.1, 0.15) is 108 Å². The number of carbonyl (C=O) groups is 1. The lowest BCUT2D eigenvalue weighted by Gasteiger charge is -2.48. The maximum Gasteiger partial charge on any atom is 0.311 e. The monoisotopic (exact) mass is 777 g/mol. The molecule has 5 N–H and O–H groups in total. The van der Waals surface area contributed by atoms with Gasteiger partial charge in [-0.15, -0.1) is 0 Å². The Morgan fingerprint density at radius 2 is 1.56 bits per heavy atom. The zero-order valence-electron chi connectivity index (χ0n) is 35.6. The van der Waals surface area contributed by atoms with Crippen LogP contribution in [0.3, 0.4) is 0 Å². The van der Waals surface area contributed by atoms with E-state index < -0.39 is 96.0 Å². The Kier molecular flexibility index (Phi) is 16.8. The Morgan fingerprint density at radius 3 is 2.11 bits per heavy atom. The van der Waals surface area contributed by atoms with Crippen molar-refractivity contribution in [1.29, 1.82) is 0 Å². The van der Waals surface area contributed by atoms with Crippen LogP contribution in [-0.2, 0) is 33.2 Å². The van der Waals surface area contributed by atoms with Crippen LogP contribution in [0.4, 0.5) is 0 Å². The van der Waals surface area contributed by atoms with Crippen molar-refractivity contribution in [2.45, 2.75) is 199 Å². The third kappa shape index (κ3) is 10.7. The number of rotatable bonds is 9. The minimum absolute atomic E-state index is 0.134. The van der Waals surface area contributed by atoms with Crippen LogP contribution in [0.2, 0.25) is 0 Å². The molecule has 3 aliphatic heterocycles. The van der Waals surface area contributed by atoms with Crippen LogP contribution in [0, 0.1) is 17.8 Å². The second kappa shape index (κ2) is 19.2. The molecule has 0 amide bonds. The second-order valence-corrected chi connectivity index (χ2v) is 17.7. The van der Waals surface area contributed by atoms with E-state index in [1.54, 1.807) is 34.6 Å². The van der Waals surface area contributed by atoms with Crippen molar-refractivity contribution in [1.82, 2.24) is 9.80 Å². The molecule has 3 aliphatic rings. The molecule has 3 rings (SSSR count). The van der Waals surface area contributed by atoms with Gasteiger partial charge in [-0.05, 0) is 101 Å². The summed E-state index contributed by atoms with van der Waals surface area (Å²) in [5, 5.41) is 58.8. The van der Waals surface area contributed by atoms with Gasteiger partial charge < -0.3 is 58.9 Å². The fourth-order valence-electron chi connectivity index (χ4n) is 9.19. The quantitative estimate of drug-likeness (QED) is 0.216. The van der Waals surface area contributed by atoms with Crippen molar-refractivity contribution in [3.63, 3.8) is 0 Å². The molecular weight excluding hydrogens is 700 g/mol. The first-order chi connectivity index (χ1) is 24.9. The van der Waals surface area contributed by atoms with Crippen molar-refractivity contribution in [3.05, 3.63) is 0 Å². The van der Waals surface area contributed by atoms with Gasteiger partial charge in [-0.2, -0.15) is 0 Å². The van der Waals surface area contributed by atoms with E-state index in [-0.39, 0.29) is 37.3 Å². The van der Waals surface area contributed by atoms with Gasteiger partial charge in [0.05, 0.1) is 41.5 Å². The number of hydrogen-bond donors (Lipinski definition) is 5. The molecule has 0 aliphatic carbocycles. The van der Waals surface area contributed by atoms with Crippen molar-refractivity contribution in [3.8, 4) is 0 Å². The molecule has 0 unspecified atom stereocenters. The van der Waals surface area contributed by atoms with E-state index in [0.29, 0.717) is 19.5 Å². The van der Waals surface area contributed by atoms with Gasteiger partial charge >= 0.3 is 5.97 Å². The molecule has 0 aromatic carbocycles. The molecular formula is C40H76N2O12. The van der Waals surface area contributed by atoms with E-state index in [9.17, 15) is 30.3 Å². The number of methoxy groups -OCH3 is 1. The molecule has 3 heterocycles. The highest BCUT2D eigenvalue weighted by atomic mass is 16.7. The van der Waals surface area contributed by atoms with E-state index in [2.05, 4.69) is 4.90 Å². The van der Waals surface area contributed by atoms with E-state index in [1.165, 1.54) is 14.0 Å².